The molecule has 1 aliphatic heterocycles. The molecule has 1 heterocycles. The molecule has 0 aliphatic carbocycles. The van der Waals surface area contributed by atoms with Crippen molar-refractivity contribution < 1.29 is 15.3 Å². The molecule has 2 rings (SSSR count). The Morgan fingerprint density at radius 1 is 1.40 bits per heavy atom. The van der Waals surface area contributed by atoms with Crippen molar-refractivity contribution in [1.82, 2.24) is 4.90 Å². The van der Waals surface area contributed by atoms with Gasteiger partial charge in [0.05, 0.1) is 18.8 Å². The van der Waals surface area contributed by atoms with E-state index in [0.717, 1.165) is 5.56 Å². The number of phenols is 1. The van der Waals surface area contributed by atoms with Gasteiger partial charge in [-0.3, -0.25) is 4.90 Å². The summed E-state index contributed by atoms with van der Waals surface area (Å²) in [6.45, 7) is 0.489. The minimum absolute atomic E-state index is 0.0149. The summed E-state index contributed by atoms with van der Waals surface area (Å²) >= 11 is 0. The Bertz CT molecular complexity index is 367. The van der Waals surface area contributed by atoms with Gasteiger partial charge in [0.2, 0.25) is 0 Å². The number of aromatic hydroxyl groups is 1. The molecule has 0 unspecified atom stereocenters. The first-order chi connectivity index (χ1) is 7.13. The molecule has 82 valence electrons. The first-order valence-electron chi connectivity index (χ1n) is 4.95. The van der Waals surface area contributed by atoms with Gasteiger partial charge >= 0.3 is 0 Å². The Balaban J connectivity index is 2.48. The fraction of sp³-hybridized carbons (Fsp3) is 0.455. The maximum Gasteiger partial charge on any atom is 0.115 e. The molecule has 0 fully saturated rings. The van der Waals surface area contributed by atoms with Gasteiger partial charge in [-0.2, -0.15) is 0 Å². The normalized spacial score (nSPS) is 26.3. The van der Waals surface area contributed by atoms with Crippen LogP contribution in [0.1, 0.15) is 23.3 Å². The zero-order valence-electron chi connectivity index (χ0n) is 8.59. The third-order valence-electron chi connectivity index (χ3n) is 2.95. The molecule has 0 radical (unpaired) electrons. The van der Waals surface area contributed by atoms with Gasteiger partial charge in [-0.25, -0.2) is 0 Å². The summed E-state index contributed by atoms with van der Waals surface area (Å²) < 4.78 is 0. The van der Waals surface area contributed by atoms with Gasteiger partial charge in [-0.1, -0.05) is 6.07 Å². The SMILES string of the molecule is CN1C[C@H](O)c2cc(O)ccc2[C@@H]1CO. The number of rotatable bonds is 1. The molecule has 1 aromatic carbocycles. The smallest absolute Gasteiger partial charge is 0.115 e. The van der Waals surface area contributed by atoms with Crippen molar-refractivity contribution in [3.8, 4) is 5.75 Å². The average molecular weight is 209 g/mol. The van der Waals surface area contributed by atoms with Gasteiger partial charge in [0.25, 0.3) is 0 Å². The lowest BCUT2D eigenvalue weighted by molar-refractivity contribution is 0.0595. The van der Waals surface area contributed by atoms with E-state index in [0.29, 0.717) is 12.1 Å². The summed E-state index contributed by atoms with van der Waals surface area (Å²) in [6, 6.07) is 4.80. The zero-order valence-corrected chi connectivity index (χ0v) is 8.59. The number of β-amino-alcohol motifs (C(OH)–C–C–N with tert-alkyl or cyclic N) is 1. The molecular formula is C11H15NO3. The van der Waals surface area contributed by atoms with Crippen molar-refractivity contribution in [2.24, 2.45) is 0 Å². The van der Waals surface area contributed by atoms with E-state index in [4.69, 9.17) is 0 Å². The van der Waals surface area contributed by atoms with E-state index in [2.05, 4.69) is 0 Å². The van der Waals surface area contributed by atoms with Crippen LogP contribution in [0.25, 0.3) is 0 Å². The molecule has 15 heavy (non-hydrogen) atoms. The summed E-state index contributed by atoms with van der Waals surface area (Å²) in [7, 11) is 1.86. The summed E-state index contributed by atoms with van der Waals surface area (Å²) in [4.78, 5) is 1.91. The van der Waals surface area contributed by atoms with Crippen molar-refractivity contribution in [3.63, 3.8) is 0 Å². The molecular weight excluding hydrogens is 194 g/mol. The van der Waals surface area contributed by atoms with Crippen molar-refractivity contribution in [3.05, 3.63) is 29.3 Å². The highest BCUT2D eigenvalue weighted by molar-refractivity contribution is 5.40. The van der Waals surface area contributed by atoms with Crippen LogP contribution in [-0.4, -0.2) is 40.4 Å². The van der Waals surface area contributed by atoms with Crippen LogP contribution in [0.5, 0.6) is 5.75 Å². The van der Waals surface area contributed by atoms with E-state index in [-0.39, 0.29) is 18.4 Å². The number of phenolic OH excluding ortho intramolecular Hbond substituents is 1. The van der Waals surface area contributed by atoms with Crippen LogP contribution in [-0.2, 0) is 0 Å². The molecule has 0 aromatic heterocycles. The molecule has 2 atom stereocenters. The molecule has 1 aliphatic rings. The number of aliphatic hydroxyl groups is 2. The molecule has 4 heteroatoms. The molecule has 1 aromatic rings. The largest absolute Gasteiger partial charge is 0.508 e. The predicted molar refractivity (Wildman–Crippen MR) is 55.5 cm³/mol. The lowest BCUT2D eigenvalue weighted by Crippen LogP contribution is -2.36. The van der Waals surface area contributed by atoms with Crippen LogP contribution >= 0.6 is 0 Å². The van der Waals surface area contributed by atoms with Gasteiger partial charge in [-0.05, 0) is 30.3 Å². The molecule has 3 N–H and O–H groups in total. The molecule has 0 saturated heterocycles. The number of aliphatic hydroxyl groups excluding tert-OH is 2. The maximum atomic E-state index is 9.84. The number of hydrogen-bond acceptors (Lipinski definition) is 4. The monoisotopic (exact) mass is 209 g/mol. The van der Waals surface area contributed by atoms with E-state index in [9.17, 15) is 15.3 Å². The second-order valence-corrected chi connectivity index (χ2v) is 3.97. The highest BCUT2D eigenvalue weighted by Crippen LogP contribution is 2.35. The van der Waals surface area contributed by atoms with Crippen molar-refractivity contribution in [2.75, 3.05) is 20.2 Å². The van der Waals surface area contributed by atoms with Gasteiger partial charge in [-0.15, -0.1) is 0 Å². The lowest BCUT2D eigenvalue weighted by atomic mass is 9.91. The van der Waals surface area contributed by atoms with Crippen LogP contribution in [0.15, 0.2) is 18.2 Å². The fourth-order valence-corrected chi connectivity index (χ4v) is 2.13. The number of likely N-dealkylation sites (N-methyl/N-ethyl adjacent to an activating group) is 1. The second-order valence-electron chi connectivity index (χ2n) is 3.97. The Morgan fingerprint density at radius 2 is 2.13 bits per heavy atom. The number of hydrogen-bond donors (Lipinski definition) is 3. The Hall–Kier alpha value is -1.10. The highest BCUT2D eigenvalue weighted by Gasteiger charge is 2.29. The Kier molecular flexibility index (Phi) is 2.65. The van der Waals surface area contributed by atoms with E-state index in [1.807, 2.05) is 11.9 Å². The fourth-order valence-electron chi connectivity index (χ4n) is 2.13. The van der Waals surface area contributed by atoms with Gasteiger partial charge in [0, 0.05) is 6.54 Å². The molecule has 4 nitrogen and oxygen atoms in total. The molecule has 0 bridgehead atoms. The lowest BCUT2D eigenvalue weighted by Gasteiger charge is -2.36. The number of fused-ring (bicyclic) bond motifs is 1. The third kappa shape index (κ3) is 1.71. The van der Waals surface area contributed by atoms with Crippen LogP contribution in [0, 0.1) is 0 Å². The minimum atomic E-state index is -0.597. The Labute approximate surface area is 88.4 Å². The molecule has 0 amide bonds. The zero-order chi connectivity index (χ0) is 11.0. The summed E-state index contributed by atoms with van der Waals surface area (Å²) in [5.74, 6) is 0.147. The van der Waals surface area contributed by atoms with Crippen LogP contribution in [0.3, 0.4) is 0 Å². The summed E-state index contributed by atoms with van der Waals surface area (Å²) in [5, 5.41) is 28.5. The first-order valence-corrected chi connectivity index (χ1v) is 4.95. The Morgan fingerprint density at radius 3 is 2.80 bits per heavy atom. The average Bonchev–Trinajstić information content (AvgIpc) is 2.19. The van der Waals surface area contributed by atoms with Crippen molar-refractivity contribution >= 4 is 0 Å². The standard InChI is InChI=1S/C11H15NO3/c1-12-5-11(15)9-4-7(14)2-3-8(9)10(12)6-13/h2-4,10-11,13-15H,5-6H2,1H3/t10-,11-/m0/s1. The molecule has 0 saturated carbocycles. The molecule has 0 spiro atoms. The van der Waals surface area contributed by atoms with E-state index in [1.54, 1.807) is 18.2 Å². The highest BCUT2D eigenvalue weighted by atomic mass is 16.3. The van der Waals surface area contributed by atoms with Crippen LogP contribution in [0.4, 0.5) is 0 Å². The van der Waals surface area contributed by atoms with Crippen molar-refractivity contribution in [2.45, 2.75) is 12.1 Å². The maximum absolute atomic E-state index is 9.84. The van der Waals surface area contributed by atoms with Gasteiger partial charge in [0.1, 0.15) is 5.75 Å². The minimum Gasteiger partial charge on any atom is -0.508 e. The van der Waals surface area contributed by atoms with E-state index < -0.39 is 6.10 Å². The van der Waals surface area contributed by atoms with Crippen LogP contribution < -0.4 is 0 Å². The predicted octanol–water partition coefficient (Wildman–Crippen LogP) is 0.404. The number of nitrogens with zero attached hydrogens (tertiary/aromatic N) is 1. The summed E-state index contributed by atoms with van der Waals surface area (Å²) in [5.41, 5.74) is 1.60. The van der Waals surface area contributed by atoms with E-state index in [1.165, 1.54) is 0 Å². The first kappa shape index (κ1) is 10.4. The van der Waals surface area contributed by atoms with Gasteiger partial charge < -0.3 is 15.3 Å². The topological polar surface area (TPSA) is 63.9 Å². The quantitative estimate of drug-likeness (QED) is 0.626. The van der Waals surface area contributed by atoms with Crippen molar-refractivity contribution in [1.29, 1.82) is 0 Å². The van der Waals surface area contributed by atoms with E-state index >= 15 is 0 Å². The van der Waals surface area contributed by atoms with Crippen LogP contribution in [0.2, 0.25) is 0 Å². The third-order valence-corrected chi connectivity index (χ3v) is 2.95. The second kappa shape index (κ2) is 3.81. The number of benzene rings is 1. The van der Waals surface area contributed by atoms with Gasteiger partial charge in [0.15, 0.2) is 0 Å². The summed E-state index contributed by atoms with van der Waals surface area (Å²) in [6.07, 6.45) is -0.597.